The van der Waals surface area contributed by atoms with Crippen molar-refractivity contribution in [2.45, 2.75) is 33.4 Å². The molecule has 0 bridgehead atoms. The van der Waals surface area contributed by atoms with Crippen molar-refractivity contribution >= 4 is 15.9 Å². The molecule has 0 radical (unpaired) electrons. The number of hydrogen-bond donors (Lipinski definition) is 0. The molecule has 0 aliphatic heterocycles. The van der Waals surface area contributed by atoms with Crippen LogP contribution in [0.4, 0.5) is 0 Å². The molecule has 1 aromatic rings. The minimum atomic E-state index is 0.601. The first kappa shape index (κ1) is 12.7. The van der Waals surface area contributed by atoms with Crippen molar-refractivity contribution in [1.29, 1.82) is 0 Å². The van der Waals surface area contributed by atoms with E-state index >= 15 is 0 Å². The lowest BCUT2D eigenvalue weighted by atomic mass is 10.1. The van der Waals surface area contributed by atoms with Gasteiger partial charge in [0.2, 0.25) is 0 Å². The van der Waals surface area contributed by atoms with Gasteiger partial charge in [0.1, 0.15) is 0 Å². The van der Waals surface area contributed by atoms with E-state index in [0.29, 0.717) is 6.04 Å². The van der Waals surface area contributed by atoms with E-state index in [-0.39, 0.29) is 0 Å². The molecule has 0 fully saturated rings. The Labute approximate surface area is 102 Å². The third kappa shape index (κ3) is 4.35. The average Bonchev–Trinajstić information content (AvgIpc) is 2.20. The first-order chi connectivity index (χ1) is 7.13. The van der Waals surface area contributed by atoms with E-state index < -0.39 is 0 Å². The molecule has 0 saturated heterocycles. The second-order valence-electron chi connectivity index (χ2n) is 4.24. The van der Waals surface area contributed by atoms with Crippen LogP contribution >= 0.6 is 15.9 Å². The topological polar surface area (TPSA) is 3.24 Å². The van der Waals surface area contributed by atoms with Crippen LogP contribution < -0.4 is 0 Å². The zero-order chi connectivity index (χ0) is 11.3. The summed E-state index contributed by atoms with van der Waals surface area (Å²) in [4.78, 5) is 2.47. The number of rotatable bonds is 5. The molecule has 0 atom stereocenters. The molecule has 0 heterocycles. The molecule has 0 aliphatic carbocycles. The Balaban J connectivity index is 2.61. The molecular weight excluding hydrogens is 250 g/mol. The van der Waals surface area contributed by atoms with Crippen molar-refractivity contribution in [3.63, 3.8) is 0 Å². The van der Waals surface area contributed by atoms with Crippen molar-refractivity contribution < 1.29 is 0 Å². The van der Waals surface area contributed by atoms with Crippen molar-refractivity contribution in [2.24, 2.45) is 0 Å². The first-order valence-electron chi connectivity index (χ1n) is 5.49. The molecule has 0 N–H and O–H groups in total. The summed E-state index contributed by atoms with van der Waals surface area (Å²) in [5.74, 6) is 0. The lowest BCUT2D eigenvalue weighted by Gasteiger charge is -2.25. The summed E-state index contributed by atoms with van der Waals surface area (Å²) in [7, 11) is 0. The van der Waals surface area contributed by atoms with Crippen LogP contribution in [0, 0.1) is 6.92 Å². The van der Waals surface area contributed by atoms with E-state index in [1.54, 1.807) is 0 Å². The van der Waals surface area contributed by atoms with Crippen LogP contribution in [-0.2, 0) is 6.54 Å². The molecule has 0 saturated carbocycles. The van der Waals surface area contributed by atoms with Gasteiger partial charge in [-0.25, -0.2) is 0 Å². The summed E-state index contributed by atoms with van der Waals surface area (Å²) in [5.41, 5.74) is 2.73. The highest BCUT2D eigenvalue weighted by molar-refractivity contribution is 9.09. The number of halogens is 1. The lowest BCUT2D eigenvalue weighted by Crippen LogP contribution is -2.31. The molecule has 2 heteroatoms. The second kappa shape index (κ2) is 6.29. The Morgan fingerprint density at radius 1 is 1.20 bits per heavy atom. The molecule has 1 rings (SSSR count). The molecule has 1 aromatic carbocycles. The maximum Gasteiger partial charge on any atom is 0.0236 e. The summed E-state index contributed by atoms with van der Waals surface area (Å²) in [6.07, 6.45) is 0. The molecule has 0 unspecified atom stereocenters. The van der Waals surface area contributed by atoms with E-state index in [1.165, 1.54) is 11.1 Å². The van der Waals surface area contributed by atoms with Crippen LogP contribution in [-0.4, -0.2) is 22.8 Å². The molecule has 0 spiro atoms. The minimum absolute atomic E-state index is 0.601. The van der Waals surface area contributed by atoms with Crippen LogP contribution in [0.1, 0.15) is 25.0 Å². The normalized spacial score (nSPS) is 11.3. The first-order valence-corrected chi connectivity index (χ1v) is 6.61. The Morgan fingerprint density at radius 2 is 1.80 bits per heavy atom. The zero-order valence-corrected chi connectivity index (χ0v) is 11.4. The van der Waals surface area contributed by atoms with Gasteiger partial charge in [0.25, 0.3) is 0 Å². The third-order valence-electron chi connectivity index (χ3n) is 2.61. The molecule has 1 nitrogen and oxygen atoms in total. The van der Waals surface area contributed by atoms with Crippen molar-refractivity contribution in [3.8, 4) is 0 Å². The standard InChI is InChI=1S/C13H20BrN/c1-11(2)15(9-8-14)10-13-6-4-12(3)5-7-13/h4-7,11H,8-10H2,1-3H3. The van der Waals surface area contributed by atoms with Crippen molar-refractivity contribution in [3.05, 3.63) is 35.4 Å². The highest BCUT2D eigenvalue weighted by Crippen LogP contribution is 2.09. The largest absolute Gasteiger partial charge is 0.296 e. The van der Waals surface area contributed by atoms with Gasteiger partial charge in [-0.3, -0.25) is 4.90 Å². The third-order valence-corrected chi connectivity index (χ3v) is 2.96. The predicted octanol–water partition coefficient (Wildman–Crippen LogP) is 3.60. The average molecular weight is 270 g/mol. The van der Waals surface area contributed by atoms with E-state index in [1.807, 2.05) is 0 Å². The summed E-state index contributed by atoms with van der Waals surface area (Å²) in [6.45, 7) is 8.77. The van der Waals surface area contributed by atoms with E-state index in [2.05, 4.69) is 65.9 Å². The summed E-state index contributed by atoms with van der Waals surface area (Å²) in [6, 6.07) is 9.41. The number of alkyl halides is 1. The SMILES string of the molecule is Cc1ccc(CN(CCBr)C(C)C)cc1. The molecule has 0 amide bonds. The molecule has 84 valence electrons. The molecule has 0 aliphatic rings. The van der Waals surface area contributed by atoms with Crippen LogP contribution in [0.15, 0.2) is 24.3 Å². The van der Waals surface area contributed by atoms with E-state index in [0.717, 1.165) is 18.4 Å². The lowest BCUT2D eigenvalue weighted by molar-refractivity contribution is 0.227. The maximum atomic E-state index is 3.50. The second-order valence-corrected chi connectivity index (χ2v) is 5.03. The molecular formula is C13H20BrN. The van der Waals surface area contributed by atoms with Gasteiger partial charge in [-0.15, -0.1) is 0 Å². The van der Waals surface area contributed by atoms with E-state index in [4.69, 9.17) is 0 Å². The number of benzene rings is 1. The minimum Gasteiger partial charge on any atom is -0.296 e. The summed E-state index contributed by atoms with van der Waals surface area (Å²) in [5, 5.41) is 1.04. The summed E-state index contributed by atoms with van der Waals surface area (Å²) >= 11 is 3.50. The quantitative estimate of drug-likeness (QED) is 0.739. The van der Waals surface area contributed by atoms with Gasteiger partial charge in [-0.1, -0.05) is 45.8 Å². The highest BCUT2D eigenvalue weighted by atomic mass is 79.9. The van der Waals surface area contributed by atoms with Gasteiger partial charge in [0.05, 0.1) is 0 Å². The van der Waals surface area contributed by atoms with Gasteiger partial charge >= 0.3 is 0 Å². The van der Waals surface area contributed by atoms with Crippen LogP contribution in [0.25, 0.3) is 0 Å². The monoisotopic (exact) mass is 269 g/mol. The fourth-order valence-electron chi connectivity index (χ4n) is 1.56. The molecule has 15 heavy (non-hydrogen) atoms. The van der Waals surface area contributed by atoms with Gasteiger partial charge in [0, 0.05) is 24.5 Å². The van der Waals surface area contributed by atoms with Crippen LogP contribution in [0.3, 0.4) is 0 Å². The fourth-order valence-corrected chi connectivity index (χ4v) is 2.01. The Kier molecular flexibility index (Phi) is 5.34. The van der Waals surface area contributed by atoms with E-state index in [9.17, 15) is 0 Å². The van der Waals surface area contributed by atoms with Gasteiger partial charge in [-0.05, 0) is 26.3 Å². The van der Waals surface area contributed by atoms with Gasteiger partial charge in [0.15, 0.2) is 0 Å². The van der Waals surface area contributed by atoms with Crippen LogP contribution in [0.2, 0.25) is 0 Å². The van der Waals surface area contributed by atoms with Crippen molar-refractivity contribution in [1.82, 2.24) is 4.90 Å². The Bertz CT molecular complexity index is 279. The van der Waals surface area contributed by atoms with Crippen LogP contribution in [0.5, 0.6) is 0 Å². The predicted molar refractivity (Wildman–Crippen MR) is 70.5 cm³/mol. The Hall–Kier alpha value is -0.340. The Morgan fingerprint density at radius 3 is 2.27 bits per heavy atom. The fraction of sp³-hybridized carbons (Fsp3) is 0.538. The number of nitrogens with zero attached hydrogens (tertiary/aromatic N) is 1. The summed E-state index contributed by atoms with van der Waals surface area (Å²) < 4.78 is 0. The number of aryl methyl sites for hydroxylation is 1. The molecule has 0 aromatic heterocycles. The number of hydrogen-bond acceptors (Lipinski definition) is 1. The zero-order valence-electron chi connectivity index (χ0n) is 9.83. The highest BCUT2D eigenvalue weighted by Gasteiger charge is 2.08. The maximum absolute atomic E-state index is 3.50. The smallest absolute Gasteiger partial charge is 0.0236 e. The van der Waals surface area contributed by atoms with Gasteiger partial charge in [-0.2, -0.15) is 0 Å². The van der Waals surface area contributed by atoms with Crippen molar-refractivity contribution in [2.75, 3.05) is 11.9 Å². The van der Waals surface area contributed by atoms with Gasteiger partial charge < -0.3 is 0 Å².